The molecule has 0 radical (unpaired) electrons. The van der Waals surface area contributed by atoms with Gasteiger partial charge in [-0.3, -0.25) is 0 Å². The molecule has 2 atom stereocenters. The fourth-order valence-electron chi connectivity index (χ4n) is 2.85. The normalized spacial score (nSPS) is 23.2. The van der Waals surface area contributed by atoms with Crippen molar-refractivity contribution in [1.29, 1.82) is 0 Å². The number of aliphatic hydroxyl groups excluding tert-OH is 1. The number of alkyl halides is 6. The minimum absolute atomic E-state index is 0.0507. The van der Waals surface area contributed by atoms with E-state index in [-0.39, 0.29) is 30.3 Å². The van der Waals surface area contributed by atoms with Crippen LogP contribution in [0.4, 0.5) is 26.3 Å². The molecule has 0 spiro atoms. The van der Waals surface area contributed by atoms with E-state index in [0.29, 0.717) is 25.2 Å². The first-order valence-corrected chi connectivity index (χ1v) is 8.73. The third-order valence-electron chi connectivity index (χ3n) is 4.48. The Hall–Kier alpha value is -2.48. The van der Waals surface area contributed by atoms with Gasteiger partial charge in [-0.25, -0.2) is 20.1 Å². The number of β-amino-alcohol motifs (C(OH)–C–C–N with tert-alkyl or cyclic N) is 1. The molecule has 2 unspecified atom stereocenters. The zero-order valence-electron chi connectivity index (χ0n) is 15.0. The predicted molar refractivity (Wildman–Crippen MR) is 90.2 cm³/mol. The molecule has 162 valence electrons. The number of aliphatic hydroxyl groups is 1. The van der Waals surface area contributed by atoms with Crippen LogP contribution in [0.2, 0.25) is 0 Å². The third-order valence-corrected chi connectivity index (χ3v) is 4.48. The van der Waals surface area contributed by atoms with Crippen LogP contribution >= 0.6 is 0 Å². The maximum absolute atomic E-state index is 13.0. The van der Waals surface area contributed by atoms with Crippen LogP contribution in [0.25, 0.3) is 17.6 Å². The number of nitrogens with zero attached hydrogens (tertiary/aromatic N) is 4. The summed E-state index contributed by atoms with van der Waals surface area (Å²) in [6.07, 6.45) is -6.63. The van der Waals surface area contributed by atoms with E-state index in [1.807, 2.05) is 0 Å². The van der Waals surface area contributed by atoms with Crippen molar-refractivity contribution in [3.63, 3.8) is 0 Å². The monoisotopic (exact) mass is 435 g/mol. The lowest BCUT2D eigenvalue weighted by molar-refractivity contribution is -0.143. The molecule has 0 bridgehead atoms. The average Bonchev–Trinajstić information content (AvgIpc) is 3.19. The molecule has 2 saturated heterocycles. The topological polar surface area (TPSA) is 78.7 Å². The summed E-state index contributed by atoms with van der Waals surface area (Å²) in [5.41, 5.74) is -0.249. The van der Waals surface area contributed by atoms with E-state index in [1.165, 1.54) is 6.20 Å². The molecule has 2 aromatic rings. The van der Waals surface area contributed by atoms with E-state index >= 15 is 0 Å². The second-order valence-electron chi connectivity index (χ2n) is 6.89. The summed E-state index contributed by atoms with van der Waals surface area (Å²) >= 11 is 0. The molecule has 7 nitrogen and oxygen atoms in total. The van der Waals surface area contributed by atoms with Gasteiger partial charge in [-0.1, -0.05) is 0 Å². The van der Waals surface area contributed by atoms with Gasteiger partial charge in [-0.2, -0.15) is 26.3 Å². The summed E-state index contributed by atoms with van der Waals surface area (Å²) in [7, 11) is 0. The highest BCUT2D eigenvalue weighted by molar-refractivity contribution is 5.58. The summed E-state index contributed by atoms with van der Waals surface area (Å²) in [5.74, 6) is -0.280. The largest absolute Gasteiger partial charge is 0.416 e. The quantitative estimate of drug-likeness (QED) is 0.555. The van der Waals surface area contributed by atoms with Crippen molar-refractivity contribution in [3.8, 4) is 11.4 Å². The van der Waals surface area contributed by atoms with Gasteiger partial charge < -0.3 is 9.84 Å². The number of aromatic nitrogens is 3. The Morgan fingerprint density at radius 1 is 1.07 bits per heavy atom. The van der Waals surface area contributed by atoms with Crippen molar-refractivity contribution in [2.45, 2.75) is 30.8 Å². The van der Waals surface area contributed by atoms with Crippen LogP contribution < -0.4 is 5.43 Å². The molecule has 2 aliphatic rings. The highest BCUT2D eigenvalue weighted by atomic mass is 19.4. The average molecular weight is 435 g/mol. The van der Waals surface area contributed by atoms with Crippen molar-refractivity contribution in [2.24, 2.45) is 0 Å². The molecular weight excluding hydrogens is 420 g/mol. The molecule has 0 amide bonds. The van der Waals surface area contributed by atoms with Crippen molar-refractivity contribution < 1.29 is 36.2 Å². The Kier molecular flexibility index (Phi) is 5.08. The van der Waals surface area contributed by atoms with E-state index in [1.54, 1.807) is 11.1 Å². The lowest BCUT2D eigenvalue weighted by Gasteiger charge is -2.35. The van der Waals surface area contributed by atoms with Crippen LogP contribution in [0.1, 0.15) is 11.1 Å². The van der Waals surface area contributed by atoms with Crippen molar-refractivity contribution in [2.75, 3.05) is 13.1 Å². The van der Waals surface area contributed by atoms with E-state index in [9.17, 15) is 31.4 Å². The first kappa shape index (κ1) is 20.8. The molecule has 0 saturated carbocycles. The van der Waals surface area contributed by atoms with Gasteiger partial charge in [0, 0.05) is 24.9 Å². The van der Waals surface area contributed by atoms with Gasteiger partial charge in [0.15, 0.2) is 12.1 Å². The van der Waals surface area contributed by atoms with Crippen LogP contribution in [0.15, 0.2) is 30.6 Å². The van der Waals surface area contributed by atoms with Crippen molar-refractivity contribution in [1.82, 2.24) is 25.2 Å². The first-order chi connectivity index (χ1) is 14.0. The van der Waals surface area contributed by atoms with Gasteiger partial charge in [0.2, 0.25) is 0 Å². The maximum atomic E-state index is 13.0. The fraction of sp³-hybridized carbons (Fsp3) is 0.412. The van der Waals surface area contributed by atoms with Gasteiger partial charge in [-0.15, -0.1) is 5.10 Å². The van der Waals surface area contributed by atoms with E-state index in [2.05, 4.69) is 15.5 Å². The molecule has 1 aromatic carbocycles. The third kappa shape index (κ3) is 4.64. The smallest absolute Gasteiger partial charge is 0.390 e. The lowest BCUT2D eigenvalue weighted by atomic mass is 10.0. The summed E-state index contributed by atoms with van der Waals surface area (Å²) in [6, 6.07) is 1.20. The number of epoxide rings is 1. The van der Waals surface area contributed by atoms with Gasteiger partial charge in [-0.05, 0) is 24.3 Å². The van der Waals surface area contributed by atoms with E-state index < -0.39 is 29.0 Å². The zero-order chi connectivity index (χ0) is 21.7. The molecule has 13 heteroatoms. The van der Waals surface area contributed by atoms with Gasteiger partial charge >= 0.3 is 12.4 Å². The molecular formula is C17H15F6N5O2. The van der Waals surface area contributed by atoms with Crippen LogP contribution in [0, 0.1) is 0 Å². The Labute approximate surface area is 165 Å². The van der Waals surface area contributed by atoms with Gasteiger partial charge in [0.1, 0.15) is 12.4 Å². The van der Waals surface area contributed by atoms with Crippen LogP contribution in [-0.4, -0.2) is 56.4 Å². The lowest BCUT2D eigenvalue weighted by Crippen LogP contribution is -2.58. The minimum Gasteiger partial charge on any atom is -0.390 e. The highest BCUT2D eigenvalue weighted by Gasteiger charge is 2.40. The fourth-order valence-corrected chi connectivity index (χ4v) is 2.85. The second kappa shape index (κ2) is 7.34. The van der Waals surface area contributed by atoms with Crippen molar-refractivity contribution in [3.05, 3.63) is 41.7 Å². The molecule has 4 rings (SSSR count). The second-order valence-corrected chi connectivity index (χ2v) is 6.89. The number of hydrazine groups is 1. The number of ether oxygens (including phenoxy) is 1. The van der Waals surface area contributed by atoms with E-state index in [0.717, 1.165) is 11.0 Å². The van der Waals surface area contributed by atoms with Gasteiger partial charge in [0.25, 0.3) is 0 Å². The maximum Gasteiger partial charge on any atom is 0.416 e. The first-order valence-electron chi connectivity index (χ1n) is 8.73. The van der Waals surface area contributed by atoms with Crippen LogP contribution in [-0.2, 0) is 17.1 Å². The standard InChI is InChI=1S/C17H15F6N5O2/c18-16(19,20)10-3-9(4-11(5-10)17(21,22)23)14-24-8-27(25-14)2-1-13-15(30-13)26-28-6-12(29)7-28/h1-5,8,12-13,15,26,29H,6-7H2/b2-1-. The molecule has 30 heavy (non-hydrogen) atoms. The summed E-state index contributed by atoms with van der Waals surface area (Å²) in [4.78, 5) is 3.80. The number of nitrogens with one attached hydrogen (secondary N) is 1. The minimum atomic E-state index is -4.95. The predicted octanol–water partition coefficient (Wildman–Crippen LogP) is 2.36. The summed E-state index contributed by atoms with van der Waals surface area (Å²) in [6.45, 7) is 0.971. The Morgan fingerprint density at radius 3 is 2.27 bits per heavy atom. The molecule has 2 aliphatic heterocycles. The van der Waals surface area contributed by atoms with Crippen LogP contribution in [0.3, 0.4) is 0 Å². The van der Waals surface area contributed by atoms with E-state index in [4.69, 9.17) is 4.74 Å². The van der Waals surface area contributed by atoms with Crippen LogP contribution in [0.5, 0.6) is 0 Å². The highest BCUT2D eigenvalue weighted by Crippen LogP contribution is 2.38. The SMILES string of the molecule is OC1CN(NC2OC2/C=C\n2cnc(-c3cc(C(F)(F)F)cc(C(F)(F)F)c3)n2)C1. The molecule has 2 N–H and O–H groups in total. The molecule has 0 aliphatic carbocycles. The number of hydrogen-bond acceptors (Lipinski definition) is 6. The summed E-state index contributed by atoms with van der Waals surface area (Å²) < 4.78 is 84.4. The molecule has 1 aromatic heterocycles. The number of rotatable bonds is 5. The molecule has 2 fully saturated rings. The summed E-state index contributed by atoms with van der Waals surface area (Å²) in [5, 5.41) is 14.9. The number of halogens is 6. The Balaban J connectivity index is 1.47. The Morgan fingerprint density at radius 2 is 1.70 bits per heavy atom. The zero-order valence-corrected chi connectivity index (χ0v) is 15.0. The Bertz CT molecular complexity index is 919. The van der Waals surface area contributed by atoms with Gasteiger partial charge in [0.05, 0.1) is 17.2 Å². The van der Waals surface area contributed by atoms with Crippen molar-refractivity contribution >= 4 is 6.20 Å². The molecule has 3 heterocycles. The number of hydrogen-bond donors (Lipinski definition) is 2. The number of benzene rings is 1.